The molecule has 1 unspecified atom stereocenters. The van der Waals surface area contributed by atoms with Gasteiger partial charge in [-0.15, -0.1) is 11.3 Å². The first kappa shape index (κ1) is 22.2. The van der Waals surface area contributed by atoms with Gasteiger partial charge >= 0.3 is 12.1 Å². The summed E-state index contributed by atoms with van der Waals surface area (Å²) in [5.74, 6) is -0.940. The number of halogens is 3. The highest BCUT2D eigenvalue weighted by Crippen LogP contribution is 2.31. The van der Waals surface area contributed by atoms with Crippen molar-refractivity contribution in [3.8, 4) is 0 Å². The van der Waals surface area contributed by atoms with Crippen LogP contribution in [0.15, 0.2) is 23.8 Å². The largest absolute Gasteiger partial charge is 0.490 e. The van der Waals surface area contributed by atoms with Gasteiger partial charge in [0.05, 0.1) is 25.6 Å². The summed E-state index contributed by atoms with van der Waals surface area (Å²) in [5, 5.41) is 16.5. The van der Waals surface area contributed by atoms with Gasteiger partial charge < -0.3 is 10.4 Å². The lowest BCUT2D eigenvalue weighted by atomic mass is 10.1. The van der Waals surface area contributed by atoms with Crippen LogP contribution >= 0.6 is 11.3 Å². The van der Waals surface area contributed by atoms with Gasteiger partial charge in [-0.3, -0.25) is 9.69 Å². The number of rotatable bonds is 5. The number of aromatic nitrogens is 3. The maximum absolute atomic E-state index is 12.6. The molecule has 8 nitrogen and oxygen atoms in total. The Morgan fingerprint density at radius 3 is 2.63 bits per heavy atom. The van der Waals surface area contributed by atoms with Crippen molar-refractivity contribution in [2.75, 3.05) is 13.1 Å². The number of carboxylic acids is 1. The summed E-state index contributed by atoms with van der Waals surface area (Å²) in [7, 11) is 0. The molecular weight excluding hydrogens is 423 g/mol. The van der Waals surface area contributed by atoms with Crippen LogP contribution in [0.1, 0.15) is 23.5 Å². The van der Waals surface area contributed by atoms with E-state index in [1.54, 1.807) is 17.7 Å². The molecule has 164 valence electrons. The zero-order valence-electron chi connectivity index (χ0n) is 16.0. The number of alkyl halides is 3. The summed E-state index contributed by atoms with van der Waals surface area (Å²) in [6.07, 6.45) is -0.854. The number of nitrogens with zero attached hydrogens (tertiary/aromatic N) is 4. The van der Waals surface area contributed by atoms with Gasteiger partial charge in [-0.2, -0.15) is 18.3 Å². The van der Waals surface area contributed by atoms with Crippen molar-refractivity contribution in [2.45, 2.75) is 38.7 Å². The second-order valence-electron chi connectivity index (χ2n) is 7.29. The van der Waals surface area contributed by atoms with Crippen LogP contribution in [0, 0.1) is 11.8 Å². The fourth-order valence-electron chi connectivity index (χ4n) is 3.11. The summed E-state index contributed by atoms with van der Waals surface area (Å²) < 4.78 is 33.6. The molecule has 1 fully saturated rings. The molecule has 0 saturated heterocycles. The highest BCUT2D eigenvalue weighted by atomic mass is 32.1. The number of nitrogens with one attached hydrogen (secondary N) is 1. The third-order valence-corrected chi connectivity index (χ3v) is 5.65. The molecule has 12 heteroatoms. The first-order chi connectivity index (χ1) is 14.2. The Kier molecular flexibility index (Phi) is 7.08. The normalized spacial score (nSPS) is 19.2. The molecule has 0 bridgehead atoms. The van der Waals surface area contributed by atoms with E-state index < -0.39 is 12.1 Å². The zero-order chi connectivity index (χ0) is 21.7. The van der Waals surface area contributed by atoms with Crippen LogP contribution < -0.4 is 5.32 Å². The monoisotopic (exact) mass is 445 g/mol. The maximum Gasteiger partial charge on any atom is 0.490 e. The lowest BCUT2D eigenvalue weighted by Gasteiger charge is -2.23. The van der Waals surface area contributed by atoms with Crippen LogP contribution in [-0.2, 0) is 29.2 Å². The fourth-order valence-corrected chi connectivity index (χ4v) is 3.75. The molecule has 0 spiro atoms. The van der Waals surface area contributed by atoms with E-state index in [1.807, 2.05) is 22.2 Å². The summed E-state index contributed by atoms with van der Waals surface area (Å²) >= 11 is 1.67. The van der Waals surface area contributed by atoms with Crippen molar-refractivity contribution in [2.24, 2.45) is 11.8 Å². The van der Waals surface area contributed by atoms with E-state index in [1.165, 1.54) is 17.7 Å². The van der Waals surface area contributed by atoms with E-state index in [-0.39, 0.29) is 11.8 Å². The number of hydrogen-bond acceptors (Lipinski definition) is 6. The van der Waals surface area contributed by atoms with Crippen LogP contribution in [-0.4, -0.2) is 55.9 Å². The molecule has 30 heavy (non-hydrogen) atoms. The SMILES string of the molecule is O=C(NCc1cccs1)C1CN(CC2CC2)Cc2ncnn2C1.O=C(O)C(F)(F)F. The Bertz CT molecular complexity index is 852. The number of aliphatic carboxylic acids is 1. The van der Waals surface area contributed by atoms with Gasteiger partial charge in [0, 0.05) is 18.0 Å². The molecule has 2 N–H and O–H groups in total. The molecule has 1 amide bonds. The van der Waals surface area contributed by atoms with Gasteiger partial charge in [-0.25, -0.2) is 14.5 Å². The van der Waals surface area contributed by atoms with E-state index in [4.69, 9.17) is 9.90 Å². The molecule has 2 aromatic rings. The molecule has 4 rings (SSSR count). The van der Waals surface area contributed by atoms with E-state index in [2.05, 4.69) is 20.3 Å². The lowest BCUT2D eigenvalue weighted by Crippen LogP contribution is -2.39. The van der Waals surface area contributed by atoms with Crippen LogP contribution in [0.4, 0.5) is 13.2 Å². The van der Waals surface area contributed by atoms with Crippen molar-refractivity contribution in [3.63, 3.8) is 0 Å². The van der Waals surface area contributed by atoms with E-state index in [0.29, 0.717) is 13.1 Å². The van der Waals surface area contributed by atoms with E-state index >= 15 is 0 Å². The minimum absolute atomic E-state index is 0.0725. The van der Waals surface area contributed by atoms with Crippen LogP contribution in [0.3, 0.4) is 0 Å². The van der Waals surface area contributed by atoms with Crippen molar-refractivity contribution < 1.29 is 27.9 Å². The van der Waals surface area contributed by atoms with Gasteiger partial charge in [0.15, 0.2) is 0 Å². The molecule has 1 aliphatic carbocycles. The van der Waals surface area contributed by atoms with Crippen LogP contribution in [0.5, 0.6) is 0 Å². The fraction of sp³-hybridized carbons (Fsp3) is 0.556. The summed E-state index contributed by atoms with van der Waals surface area (Å²) in [4.78, 5) is 29.4. The number of carboxylic acid groups (broad SMARTS) is 1. The summed E-state index contributed by atoms with van der Waals surface area (Å²) in [6, 6.07) is 4.06. The number of thiophene rings is 1. The minimum Gasteiger partial charge on any atom is -0.475 e. The van der Waals surface area contributed by atoms with Gasteiger partial charge in [-0.1, -0.05) is 6.07 Å². The zero-order valence-corrected chi connectivity index (χ0v) is 16.8. The minimum atomic E-state index is -5.08. The third-order valence-electron chi connectivity index (χ3n) is 4.78. The van der Waals surface area contributed by atoms with Crippen molar-refractivity contribution in [3.05, 3.63) is 34.5 Å². The predicted octanol–water partition coefficient (Wildman–Crippen LogP) is 2.13. The molecule has 0 aromatic carbocycles. The first-order valence-electron chi connectivity index (χ1n) is 9.41. The first-order valence-corrected chi connectivity index (χ1v) is 10.3. The standard InChI is InChI=1S/C16H21N5OS.C2HF3O2/c22-16(17-6-14-2-1-5-23-14)13-8-20(7-12-3-4-12)10-15-18-11-19-21(15)9-13;3-2(4,5)1(6)7/h1-2,5,11-13H,3-4,6-10H2,(H,17,22);(H,6,7). The van der Waals surface area contributed by atoms with E-state index in [0.717, 1.165) is 31.4 Å². The quantitative estimate of drug-likeness (QED) is 0.732. The summed E-state index contributed by atoms with van der Waals surface area (Å²) in [5.41, 5.74) is 0. The number of amides is 1. The predicted molar refractivity (Wildman–Crippen MR) is 101 cm³/mol. The average Bonchev–Trinajstić information content (AvgIpc) is 3.20. The third kappa shape index (κ3) is 6.52. The Labute approximate surface area is 174 Å². The highest BCUT2D eigenvalue weighted by Gasteiger charge is 2.38. The van der Waals surface area contributed by atoms with Gasteiger partial charge in [-0.05, 0) is 30.2 Å². The Hall–Kier alpha value is -2.47. The Morgan fingerprint density at radius 1 is 1.30 bits per heavy atom. The molecule has 2 aromatic heterocycles. The second kappa shape index (κ2) is 9.56. The molecule has 1 saturated carbocycles. The molecule has 3 heterocycles. The number of hydrogen-bond donors (Lipinski definition) is 2. The Morgan fingerprint density at radius 2 is 2.03 bits per heavy atom. The molecule has 1 aliphatic heterocycles. The smallest absolute Gasteiger partial charge is 0.475 e. The molecular formula is C18H22F3N5O3S. The van der Waals surface area contributed by atoms with E-state index in [9.17, 15) is 18.0 Å². The number of fused-ring (bicyclic) bond motifs is 1. The van der Waals surface area contributed by atoms with Crippen molar-refractivity contribution in [1.29, 1.82) is 0 Å². The van der Waals surface area contributed by atoms with Gasteiger partial charge in [0.25, 0.3) is 0 Å². The average molecular weight is 445 g/mol. The lowest BCUT2D eigenvalue weighted by molar-refractivity contribution is -0.192. The van der Waals surface area contributed by atoms with Crippen LogP contribution in [0.25, 0.3) is 0 Å². The van der Waals surface area contributed by atoms with Crippen molar-refractivity contribution >= 4 is 23.2 Å². The summed E-state index contributed by atoms with van der Waals surface area (Å²) in [6.45, 7) is 3.89. The number of carbonyl (C=O) groups is 2. The maximum atomic E-state index is 12.6. The van der Waals surface area contributed by atoms with Crippen molar-refractivity contribution in [1.82, 2.24) is 25.0 Å². The molecule has 1 atom stereocenters. The topological polar surface area (TPSA) is 100 Å². The molecule has 0 radical (unpaired) electrons. The van der Waals surface area contributed by atoms with Gasteiger partial charge in [0.2, 0.25) is 5.91 Å². The second-order valence-corrected chi connectivity index (χ2v) is 8.33. The van der Waals surface area contributed by atoms with Gasteiger partial charge in [0.1, 0.15) is 12.2 Å². The Balaban J connectivity index is 0.000000318. The highest BCUT2D eigenvalue weighted by molar-refractivity contribution is 7.09. The molecule has 2 aliphatic rings. The number of carbonyl (C=O) groups excluding carboxylic acids is 1. The van der Waals surface area contributed by atoms with Crippen LogP contribution in [0.2, 0.25) is 0 Å².